The number of pyridine rings is 1. The van der Waals surface area contributed by atoms with Gasteiger partial charge in [-0.05, 0) is 41.8 Å². The van der Waals surface area contributed by atoms with Gasteiger partial charge in [-0.3, -0.25) is 9.88 Å². The van der Waals surface area contributed by atoms with Gasteiger partial charge in [-0.2, -0.15) is 5.10 Å². The van der Waals surface area contributed by atoms with Gasteiger partial charge in [-0.25, -0.2) is 4.68 Å². The zero-order valence-corrected chi connectivity index (χ0v) is 14.5. The lowest BCUT2D eigenvalue weighted by Gasteiger charge is -2.30. The predicted octanol–water partition coefficient (Wildman–Crippen LogP) is 3.04. The van der Waals surface area contributed by atoms with Gasteiger partial charge in [0.15, 0.2) is 0 Å². The van der Waals surface area contributed by atoms with Gasteiger partial charge < -0.3 is 5.11 Å². The summed E-state index contributed by atoms with van der Waals surface area (Å²) in [5, 5.41) is 14.1. The number of aliphatic hydroxyl groups excluding tert-OH is 1. The van der Waals surface area contributed by atoms with Crippen LogP contribution in [0.4, 0.5) is 0 Å². The summed E-state index contributed by atoms with van der Waals surface area (Å²) >= 11 is 0. The molecule has 3 rings (SSSR count). The molecule has 2 aromatic heterocycles. The molecule has 0 amide bonds. The van der Waals surface area contributed by atoms with Crippen molar-refractivity contribution in [2.45, 2.75) is 32.5 Å². The molecule has 0 radical (unpaired) electrons. The van der Waals surface area contributed by atoms with Crippen molar-refractivity contribution in [3.8, 4) is 5.69 Å². The number of nitrogens with zero attached hydrogens (tertiary/aromatic N) is 4. The first-order chi connectivity index (χ1) is 12.3. The molecule has 0 fully saturated rings. The standard InChI is InChI=1S/C20H24N4O/c1-2-19(16-25)23(15-18-7-4-9-21-13-18)14-17-6-3-8-20(12-17)24-11-5-10-22-24/h3-13,19,25H,2,14-16H2,1H3. The lowest BCUT2D eigenvalue weighted by Crippen LogP contribution is -2.36. The molecule has 25 heavy (non-hydrogen) atoms. The minimum atomic E-state index is 0.119. The molecule has 0 saturated heterocycles. The molecule has 1 atom stereocenters. The van der Waals surface area contributed by atoms with Crippen LogP contribution in [0.5, 0.6) is 0 Å². The molecule has 5 heteroatoms. The van der Waals surface area contributed by atoms with Crippen LogP contribution in [-0.2, 0) is 13.1 Å². The lowest BCUT2D eigenvalue weighted by atomic mass is 10.1. The fraction of sp³-hybridized carbons (Fsp3) is 0.300. The Balaban J connectivity index is 1.81. The van der Waals surface area contributed by atoms with E-state index in [1.807, 2.05) is 35.3 Å². The van der Waals surface area contributed by atoms with E-state index in [9.17, 15) is 5.11 Å². The summed E-state index contributed by atoms with van der Waals surface area (Å²) in [6.07, 6.45) is 8.28. The minimum Gasteiger partial charge on any atom is -0.395 e. The van der Waals surface area contributed by atoms with Crippen molar-refractivity contribution in [1.29, 1.82) is 0 Å². The summed E-state index contributed by atoms with van der Waals surface area (Å²) in [6.45, 7) is 3.79. The summed E-state index contributed by atoms with van der Waals surface area (Å²) < 4.78 is 1.86. The third-order valence-corrected chi connectivity index (χ3v) is 4.37. The number of aliphatic hydroxyl groups is 1. The summed E-state index contributed by atoms with van der Waals surface area (Å²) in [7, 11) is 0. The minimum absolute atomic E-state index is 0.119. The van der Waals surface area contributed by atoms with Gasteiger partial charge in [0.2, 0.25) is 0 Å². The Morgan fingerprint density at radius 3 is 2.60 bits per heavy atom. The summed E-state index contributed by atoms with van der Waals surface area (Å²) in [4.78, 5) is 6.51. The van der Waals surface area contributed by atoms with Gasteiger partial charge in [0.1, 0.15) is 0 Å². The lowest BCUT2D eigenvalue weighted by molar-refractivity contribution is 0.106. The fourth-order valence-corrected chi connectivity index (χ4v) is 3.00. The van der Waals surface area contributed by atoms with Crippen LogP contribution in [-0.4, -0.2) is 37.4 Å². The molecule has 1 unspecified atom stereocenters. The maximum atomic E-state index is 9.79. The largest absolute Gasteiger partial charge is 0.395 e. The topological polar surface area (TPSA) is 54.2 Å². The summed E-state index contributed by atoms with van der Waals surface area (Å²) in [6, 6.07) is 14.4. The highest BCUT2D eigenvalue weighted by Crippen LogP contribution is 2.17. The van der Waals surface area contributed by atoms with E-state index in [-0.39, 0.29) is 12.6 Å². The van der Waals surface area contributed by atoms with Crippen LogP contribution in [0.1, 0.15) is 24.5 Å². The highest BCUT2D eigenvalue weighted by molar-refractivity contribution is 5.35. The number of benzene rings is 1. The van der Waals surface area contributed by atoms with Crippen LogP contribution in [0.15, 0.2) is 67.3 Å². The SMILES string of the molecule is CCC(CO)N(Cc1cccnc1)Cc1cccc(-n2cccn2)c1. The van der Waals surface area contributed by atoms with Crippen molar-refractivity contribution in [2.75, 3.05) is 6.61 Å². The monoisotopic (exact) mass is 336 g/mol. The first-order valence-electron chi connectivity index (χ1n) is 8.63. The Morgan fingerprint density at radius 1 is 1.08 bits per heavy atom. The van der Waals surface area contributed by atoms with Crippen molar-refractivity contribution in [3.63, 3.8) is 0 Å². The van der Waals surface area contributed by atoms with Crippen LogP contribution >= 0.6 is 0 Å². The van der Waals surface area contributed by atoms with Crippen molar-refractivity contribution in [2.24, 2.45) is 0 Å². The van der Waals surface area contributed by atoms with E-state index in [1.54, 1.807) is 12.4 Å². The van der Waals surface area contributed by atoms with E-state index >= 15 is 0 Å². The Morgan fingerprint density at radius 2 is 1.92 bits per heavy atom. The van der Waals surface area contributed by atoms with Crippen molar-refractivity contribution >= 4 is 0 Å². The molecule has 0 spiro atoms. The number of hydrogen-bond acceptors (Lipinski definition) is 4. The fourth-order valence-electron chi connectivity index (χ4n) is 3.00. The molecular formula is C20H24N4O. The highest BCUT2D eigenvalue weighted by Gasteiger charge is 2.17. The van der Waals surface area contributed by atoms with Gasteiger partial charge >= 0.3 is 0 Å². The van der Waals surface area contributed by atoms with E-state index in [2.05, 4.69) is 46.2 Å². The van der Waals surface area contributed by atoms with Gasteiger partial charge in [0.25, 0.3) is 0 Å². The second kappa shape index (κ2) is 8.55. The molecule has 2 heterocycles. The van der Waals surface area contributed by atoms with Crippen molar-refractivity contribution in [1.82, 2.24) is 19.7 Å². The van der Waals surface area contributed by atoms with E-state index in [0.717, 1.165) is 30.8 Å². The summed E-state index contributed by atoms with van der Waals surface area (Å²) in [5.41, 5.74) is 3.39. The summed E-state index contributed by atoms with van der Waals surface area (Å²) in [5.74, 6) is 0. The average Bonchev–Trinajstić information content (AvgIpc) is 3.18. The predicted molar refractivity (Wildman–Crippen MR) is 98.2 cm³/mol. The van der Waals surface area contributed by atoms with Crippen LogP contribution in [0.3, 0.4) is 0 Å². The Kier molecular flexibility index (Phi) is 5.93. The van der Waals surface area contributed by atoms with Gasteiger partial charge in [-0.15, -0.1) is 0 Å². The van der Waals surface area contributed by atoms with Crippen LogP contribution in [0, 0.1) is 0 Å². The zero-order chi connectivity index (χ0) is 17.5. The van der Waals surface area contributed by atoms with Crippen LogP contribution in [0.25, 0.3) is 5.69 Å². The maximum absolute atomic E-state index is 9.79. The molecule has 0 aliphatic rings. The molecule has 0 bridgehead atoms. The first-order valence-corrected chi connectivity index (χ1v) is 8.63. The molecule has 0 aliphatic heterocycles. The van der Waals surface area contributed by atoms with E-state index in [0.29, 0.717) is 0 Å². The number of hydrogen-bond donors (Lipinski definition) is 1. The van der Waals surface area contributed by atoms with E-state index in [4.69, 9.17) is 0 Å². The molecule has 3 aromatic rings. The second-order valence-electron chi connectivity index (χ2n) is 6.13. The smallest absolute Gasteiger partial charge is 0.0648 e. The molecule has 1 aromatic carbocycles. The molecule has 5 nitrogen and oxygen atoms in total. The number of rotatable bonds is 8. The van der Waals surface area contributed by atoms with Gasteiger partial charge in [-0.1, -0.05) is 25.1 Å². The van der Waals surface area contributed by atoms with Crippen LogP contribution < -0.4 is 0 Å². The Hall–Kier alpha value is -2.50. The first kappa shape index (κ1) is 17.3. The molecule has 1 N–H and O–H groups in total. The van der Waals surface area contributed by atoms with Gasteiger partial charge in [0, 0.05) is 43.9 Å². The van der Waals surface area contributed by atoms with Crippen molar-refractivity contribution in [3.05, 3.63) is 78.4 Å². The number of aromatic nitrogens is 3. The normalized spacial score (nSPS) is 12.4. The zero-order valence-electron chi connectivity index (χ0n) is 14.5. The third kappa shape index (κ3) is 4.53. The molecular weight excluding hydrogens is 312 g/mol. The maximum Gasteiger partial charge on any atom is 0.0648 e. The van der Waals surface area contributed by atoms with E-state index < -0.39 is 0 Å². The second-order valence-corrected chi connectivity index (χ2v) is 6.13. The van der Waals surface area contributed by atoms with E-state index in [1.165, 1.54) is 5.56 Å². The molecule has 0 saturated carbocycles. The molecule has 130 valence electrons. The van der Waals surface area contributed by atoms with Crippen LogP contribution in [0.2, 0.25) is 0 Å². The highest BCUT2D eigenvalue weighted by atomic mass is 16.3. The van der Waals surface area contributed by atoms with Crippen molar-refractivity contribution < 1.29 is 5.11 Å². The third-order valence-electron chi connectivity index (χ3n) is 4.37. The Labute approximate surface area is 148 Å². The average molecular weight is 336 g/mol. The van der Waals surface area contributed by atoms with Gasteiger partial charge in [0.05, 0.1) is 12.3 Å². The molecule has 0 aliphatic carbocycles. The Bertz CT molecular complexity index is 754. The quantitative estimate of drug-likeness (QED) is 0.687.